The van der Waals surface area contributed by atoms with Crippen LogP contribution >= 0.6 is 31.9 Å². The molecule has 0 heterocycles. The van der Waals surface area contributed by atoms with Crippen LogP contribution in [0.5, 0.6) is 0 Å². The maximum Gasteiger partial charge on any atom is 0.416 e. The lowest BCUT2D eigenvalue weighted by molar-refractivity contribution is -0.137. The van der Waals surface area contributed by atoms with Gasteiger partial charge in [0, 0.05) is 14.5 Å². The number of nitrogens with zero attached hydrogens (tertiary/aromatic N) is 2. The Morgan fingerprint density at radius 3 is 1.90 bits per heavy atom. The minimum atomic E-state index is -4.52. The predicted molar refractivity (Wildman–Crippen MR) is 72.3 cm³/mol. The van der Waals surface area contributed by atoms with E-state index in [1.807, 2.05) is 0 Å². The van der Waals surface area contributed by atoms with Crippen molar-refractivity contribution < 1.29 is 13.2 Å². The predicted octanol–water partition coefficient (Wildman–Crippen LogP) is 3.45. The Kier molecular flexibility index (Phi) is 5.17. The summed E-state index contributed by atoms with van der Waals surface area (Å²) in [6.45, 7) is 0. The molecule has 0 aliphatic carbocycles. The maximum atomic E-state index is 12.7. The minimum absolute atomic E-state index is 0.0372. The number of nitrogens with two attached hydrogens (primary N) is 1. The molecular weight excluding hydrogens is 405 g/mol. The lowest BCUT2D eigenvalue weighted by Gasteiger charge is -2.14. The summed E-state index contributed by atoms with van der Waals surface area (Å²) in [5, 5.41) is 17.6. The molecule has 0 bridgehead atoms. The van der Waals surface area contributed by atoms with E-state index in [0.29, 0.717) is 0 Å². The van der Waals surface area contributed by atoms with Gasteiger partial charge in [-0.2, -0.15) is 23.7 Å². The summed E-state index contributed by atoms with van der Waals surface area (Å²) in [6, 6.07) is 4.90. The highest BCUT2D eigenvalue weighted by atomic mass is 79.9. The zero-order valence-electron chi connectivity index (χ0n) is 9.52. The molecule has 0 spiro atoms. The van der Waals surface area contributed by atoms with E-state index in [0.717, 1.165) is 12.1 Å². The van der Waals surface area contributed by atoms with Crippen LogP contribution in [0, 0.1) is 22.7 Å². The Bertz CT molecular complexity index is 614. The Balaban J connectivity index is 3.62. The standard InChI is InChI=1S/C11H5Br2F3N4/c12-7-1-6(11(14,15)16)2-8(13)9(7)10(20-19)5(3-17)4-18/h1-2,20H,19H2. The molecule has 9 heteroatoms. The molecule has 0 saturated heterocycles. The largest absolute Gasteiger partial charge is 0.416 e. The van der Waals surface area contributed by atoms with Crippen LogP contribution in [0.15, 0.2) is 26.7 Å². The van der Waals surface area contributed by atoms with Gasteiger partial charge < -0.3 is 5.43 Å². The molecule has 4 nitrogen and oxygen atoms in total. The molecule has 0 aliphatic rings. The van der Waals surface area contributed by atoms with Gasteiger partial charge in [-0.25, -0.2) is 0 Å². The van der Waals surface area contributed by atoms with Gasteiger partial charge in [0.25, 0.3) is 0 Å². The van der Waals surface area contributed by atoms with Crippen LogP contribution in [-0.4, -0.2) is 0 Å². The van der Waals surface area contributed by atoms with Crippen LogP contribution in [0.4, 0.5) is 13.2 Å². The van der Waals surface area contributed by atoms with Crippen molar-refractivity contribution in [2.45, 2.75) is 6.18 Å². The molecule has 1 aromatic rings. The molecule has 3 N–H and O–H groups in total. The van der Waals surface area contributed by atoms with Crippen molar-refractivity contribution in [3.8, 4) is 12.1 Å². The fourth-order valence-electron chi connectivity index (χ4n) is 1.38. The van der Waals surface area contributed by atoms with Gasteiger partial charge in [0.15, 0.2) is 5.57 Å². The molecule has 0 aromatic heterocycles. The summed E-state index contributed by atoms with van der Waals surface area (Å²) in [5.41, 5.74) is 0.988. The summed E-state index contributed by atoms with van der Waals surface area (Å²) < 4.78 is 38.0. The number of halogens is 5. The normalized spacial score (nSPS) is 10.4. The quantitative estimate of drug-likeness (QED) is 0.445. The summed E-state index contributed by atoms with van der Waals surface area (Å²) in [5.74, 6) is 5.24. The van der Waals surface area contributed by atoms with E-state index in [9.17, 15) is 13.2 Å². The molecule has 20 heavy (non-hydrogen) atoms. The van der Waals surface area contributed by atoms with Crippen molar-refractivity contribution in [3.63, 3.8) is 0 Å². The lowest BCUT2D eigenvalue weighted by atomic mass is 10.1. The number of benzene rings is 1. The van der Waals surface area contributed by atoms with Crippen LogP contribution < -0.4 is 11.3 Å². The van der Waals surface area contributed by atoms with E-state index >= 15 is 0 Å². The van der Waals surface area contributed by atoms with Gasteiger partial charge in [-0.1, -0.05) is 31.9 Å². The number of hydrazine groups is 1. The number of nitriles is 2. The topological polar surface area (TPSA) is 85.6 Å². The fourth-order valence-corrected chi connectivity index (χ4v) is 2.96. The van der Waals surface area contributed by atoms with E-state index in [1.165, 1.54) is 0 Å². The van der Waals surface area contributed by atoms with Crippen molar-refractivity contribution in [1.82, 2.24) is 5.43 Å². The number of hydrogen-bond acceptors (Lipinski definition) is 4. The van der Waals surface area contributed by atoms with E-state index < -0.39 is 11.7 Å². The molecule has 0 saturated carbocycles. The minimum Gasteiger partial charge on any atom is -0.322 e. The zero-order chi connectivity index (χ0) is 15.5. The van der Waals surface area contributed by atoms with Crippen molar-refractivity contribution in [2.75, 3.05) is 0 Å². The van der Waals surface area contributed by atoms with Crippen molar-refractivity contribution in [2.24, 2.45) is 5.84 Å². The number of nitrogens with one attached hydrogen (secondary N) is 1. The monoisotopic (exact) mass is 408 g/mol. The molecule has 0 radical (unpaired) electrons. The van der Waals surface area contributed by atoms with Crippen LogP contribution in [0.3, 0.4) is 0 Å². The Hall–Kier alpha value is -1.55. The number of alkyl halides is 3. The van der Waals surface area contributed by atoms with Crippen LogP contribution in [0.25, 0.3) is 5.70 Å². The first-order valence-corrected chi connectivity index (χ1v) is 6.42. The van der Waals surface area contributed by atoms with E-state index in [-0.39, 0.29) is 25.8 Å². The zero-order valence-corrected chi connectivity index (χ0v) is 12.7. The molecule has 0 amide bonds. The molecule has 0 unspecified atom stereocenters. The average molecular weight is 410 g/mol. The second-order valence-corrected chi connectivity index (χ2v) is 5.14. The second kappa shape index (κ2) is 6.27. The van der Waals surface area contributed by atoms with Gasteiger partial charge in [-0.05, 0) is 12.1 Å². The Morgan fingerprint density at radius 1 is 1.15 bits per heavy atom. The molecule has 104 valence electrons. The number of rotatable bonds is 2. The van der Waals surface area contributed by atoms with Crippen LogP contribution in [-0.2, 0) is 6.18 Å². The van der Waals surface area contributed by atoms with Gasteiger partial charge in [0.05, 0.1) is 11.3 Å². The summed E-state index contributed by atoms with van der Waals surface area (Å²) in [7, 11) is 0. The summed E-state index contributed by atoms with van der Waals surface area (Å²) in [6.07, 6.45) is -4.52. The Labute approximate surface area is 128 Å². The SMILES string of the molecule is N#CC(C#N)=C(NN)c1c(Br)cc(C(F)(F)F)cc1Br. The highest BCUT2D eigenvalue weighted by Crippen LogP contribution is 2.38. The first-order valence-electron chi connectivity index (χ1n) is 4.84. The van der Waals surface area contributed by atoms with E-state index in [4.69, 9.17) is 16.4 Å². The molecule has 0 aliphatic heterocycles. The van der Waals surface area contributed by atoms with Crippen molar-refractivity contribution in [3.05, 3.63) is 37.8 Å². The molecule has 0 atom stereocenters. The van der Waals surface area contributed by atoms with Gasteiger partial charge in [0.1, 0.15) is 12.1 Å². The maximum absolute atomic E-state index is 12.7. The highest BCUT2D eigenvalue weighted by Gasteiger charge is 2.32. The molecule has 0 fully saturated rings. The lowest BCUT2D eigenvalue weighted by Crippen LogP contribution is -2.22. The average Bonchev–Trinajstić information content (AvgIpc) is 2.35. The molecular formula is C11H5Br2F3N4. The van der Waals surface area contributed by atoms with Crippen LogP contribution in [0.1, 0.15) is 11.1 Å². The number of allylic oxidation sites excluding steroid dienone is 1. The van der Waals surface area contributed by atoms with Gasteiger partial charge in [-0.15, -0.1) is 0 Å². The Morgan fingerprint density at radius 2 is 1.60 bits per heavy atom. The molecule has 1 rings (SSSR count). The van der Waals surface area contributed by atoms with Crippen molar-refractivity contribution in [1.29, 1.82) is 10.5 Å². The van der Waals surface area contributed by atoms with E-state index in [1.54, 1.807) is 12.1 Å². The third-order valence-electron chi connectivity index (χ3n) is 2.24. The highest BCUT2D eigenvalue weighted by molar-refractivity contribution is 9.11. The summed E-state index contributed by atoms with van der Waals surface area (Å²) in [4.78, 5) is 0. The number of hydrogen-bond donors (Lipinski definition) is 2. The smallest absolute Gasteiger partial charge is 0.322 e. The van der Waals surface area contributed by atoms with Gasteiger partial charge >= 0.3 is 6.18 Å². The van der Waals surface area contributed by atoms with Gasteiger partial charge in [0.2, 0.25) is 0 Å². The van der Waals surface area contributed by atoms with Gasteiger partial charge in [-0.3, -0.25) is 5.84 Å². The third kappa shape index (κ3) is 3.31. The first kappa shape index (κ1) is 16.5. The first-order chi connectivity index (χ1) is 9.26. The summed E-state index contributed by atoms with van der Waals surface area (Å²) >= 11 is 5.96. The second-order valence-electron chi connectivity index (χ2n) is 3.43. The molecule has 1 aromatic carbocycles. The fraction of sp³-hybridized carbons (Fsp3) is 0.0909. The van der Waals surface area contributed by atoms with Crippen molar-refractivity contribution >= 4 is 37.6 Å². The van der Waals surface area contributed by atoms with E-state index in [2.05, 4.69) is 37.3 Å². The van der Waals surface area contributed by atoms with Crippen LogP contribution in [0.2, 0.25) is 0 Å². The third-order valence-corrected chi connectivity index (χ3v) is 3.49.